The summed E-state index contributed by atoms with van der Waals surface area (Å²) in [4.78, 5) is 14.5. The molecule has 1 atom stereocenters. The molecular weight excluding hydrogens is 437 g/mol. The van der Waals surface area contributed by atoms with Gasteiger partial charge in [-0.25, -0.2) is 5.43 Å². The van der Waals surface area contributed by atoms with Crippen LogP contribution in [-0.4, -0.2) is 24.7 Å². The van der Waals surface area contributed by atoms with E-state index in [9.17, 15) is 4.79 Å². The molecule has 0 bridgehead atoms. The lowest BCUT2D eigenvalue weighted by molar-refractivity contribution is 0.0955. The van der Waals surface area contributed by atoms with Gasteiger partial charge in [-0.2, -0.15) is 5.10 Å². The fourth-order valence-electron chi connectivity index (χ4n) is 3.54. The molecule has 5 heteroatoms. The van der Waals surface area contributed by atoms with Crippen LogP contribution in [0, 0.1) is 3.57 Å². The molecule has 3 rings (SSSR count). The van der Waals surface area contributed by atoms with Gasteiger partial charge in [-0.1, -0.05) is 19.1 Å². The van der Waals surface area contributed by atoms with Gasteiger partial charge in [-0.05, 0) is 90.2 Å². The van der Waals surface area contributed by atoms with E-state index in [-0.39, 0.29) is 11.4 Å². The molecule has 2 aromatic carbocycles. The summed E-state index contributed by atoms with van der Waals surface area (Å²) in [7, 11) is 2.15. The lowest BCUT2D eigenvalue weighted by atomic mass is 9.80. The molecule has 1 heterocycles. The number of benzene rings is 2. The van der Waals surface area contributed by atoms with Gasteiger partial charge in [0.2, 0.25) is 0 Å². The second kappa shape index (κ2) is 7.39. The molecule has 1 aliphatic heterocycles. The third-order valence-corrected chi connectivity index (χ3v) is 5.80. The van der Waals surface area contributed by atoms with E-state index in [1.807, 2.05) is 24.3 Å². The minimum absolute atomic E-state index is 0.156. The fraction of sp³-hybridized carbons (Fsp3) is 0.333. The first-order valence-electron chi connectivity index (χ1n) is 8.75. The maximum absolute atomic E-state index is 12.2. The number of halogens is 1. The van der Waals surface area contributed by atoms with Gasteiger partial charge < -0.3 is 4.90 Å². The zero-order chi connectivity index (χ0) is 18.9. The van der Waals surface area contributed by atoms with E-state index in [2.05, 4.69) is 78.0 Å². The van der Waals surface area contributed by atoms with Gasteiger partial charge in [-0.3, -0.25) is 4.79 Å². The summed E-state index contributed by atoms with van der Waals surface area (Å²) >= 11 is 2.19. The number of anilines is 1. The first-order chi connectivity index (χ1) is 12.3. The maximum atomic E-state index is 12.2. The van der Waals surface area contributed by atoms with Crippen LogP contribution in [0.1, 0.15) is 54.6 Å². The molecule has 0 saturated heterocycles. The Morgan fingerprint density at radius 2 is 2.08 bits per heavy atom. The van der Waals surface area contributed by atoms with Crippen LogP contribution in [0.25, 0.3) is 0 Å². The third-order valence-electron chi connectivity index (χ3n) is 5.12. The Labute approximate surface area is 168 Å². The Morgan fingerprint density at radius 1 is 1.31 bits per heavy atom. The highest BCUT2D eigenvalue weighted by atomic mass is 127. The van der Waals surface area contributed by atoms with E-state index in [4.69, 9.17) is 0 Å². The smallest absolute Gasteiger partial charge is 0.271 e. The Morgan fingerprint density at radius 3 is 2.81 bits per heavy atom. The van der Waals surface area contributed by atoms with Gasteiger partial charge in [0.05, 0.1) is 6.21 Å². The van der Waals surface area contributed by atoms with Crippen LogP contribution in [0.3, 0.4) is 0 Å². The number of hydrogen-bond donors (Lipinski definition) is 1. The number of nitrogens with zero attached hydrogens (tertiary/aromatic N) is 2. The molecule has 4 nitrogen and oxygen atoms in total. The number of nitrogens with one attached hydrogen (secondary N) is 1. The molecule has 1 aliphatic rings. The number of hydrazone groups is 1. The van der Waals surface area contributed by atoms with E-state index >= 15 is 0 Å². The quantitative estimate of drug-likeness (QED) is 0.407. The molecule has 2 aromatic rings. The van der Waals surface area contributed by atoms with E-state index in [0.29, 0.717) is 11.5 Å². The minimum atomic E-state index is -0.201. The van der Waals surface area contributed by atoms with Crippen molar-refractivity contribution in [1.29, 1.82) is 0 Å². The Balaban J connectivity index is 1.74. The van der Waals surface area contributed by atoms with Crippen molar-refractivity contribution < 1.29 is 4.79 Å². The summed E-state index contributed by atoms with van der Waals surface area (Å²) in [5, 5.41) is 4.13. The SMILES string of the molecule is C[C@H]1CC(C)(C)N(C)c2ccc(/C=N\NC(=O)c3cccc(I)c3)cc21. The highest BCUT2D eigenvalue weighted by Gasteiger charge is 2.33. The Kier molecular flexibility index (Phi) is 5.37. The molecule has 1 amide bonds. The standard InChI is InChI=1S/C21H24IN3O/c1-14-12-21(2,3)25(4)19-9-8-15(10-18(14)19)13-23-24-20(26)16-6-5-7-17(22)11-16/h5-11,13-14H,12H2,1-4H3,(H,24,26)/b23-13-/t14-/m0/s1. The average molecular weight is 461 g/mol. The van der Waals surface area contributed by atoms with Crippen molar-refractivity contribution in [2.75, 3.05) is 11.9 Å². The van der Waals surface area contributed by atoms with Gasteiger partial charge in [0, 0.05) is 27.4 Å². The van der Waals surface area contributed by atoms with Crippen molar-refractivity contribution in [2.45, 2.75) is 38.6 Å². The van der Waals surface area contributed by atoms with Gasteiger partial charge in [-0.15, -0.1) is 0 Å². The second-order valence-corrected chi connectivity index (χ2v) is 8.75. The second-order valence-electron chi connectivity index (χ2n) is 7.50. The molecule has 0 radical (unpaired) electrons. The maximum Gasteiger partial charge on any atom is 0.271 e. The molecular formula is C21H24IN3O. The van der Waals surface area contributed by atoms with E-state index in [1.54, 1.807) is 12.3 Å². The van der Waals surface area contributed by atoms with Crippen LogP contribution in [-0.2, 0) is 0 Å². The summed E-state index contributed by atoms with van der Waals surface area (Å²) in [6.45, 7) is 6.83. The van der Waals surface area contributed by atoms with Crippen molar-refractivity contribution in [3.63, 3.8) is 0 Å². The van der Waals surface area contributed by atoms with Crippen LogP contribution in [0.5, 0.6) is 0 Å². The van der Waals surface area contributed by atoms with Gasteiger partial charge >= 0.3 is 0 Å². The number of amides is 1. The predicted molar refractivity (Wildman–Crippen MR) is 116 cm³/mol. The van der Waals surface area contributed by atoms with Gasteiger partial charge in [0.25, 0.3) is 5.91 Å². The summed E-state index contributed by atoms with van der Waals surface area (Å²) in [6.07, 6.45) is 2.82. The molecule has 0 unspecified atom stereocenters. The highest BCUT2D eigenvalue weighted by molar-refractivity contribution is 14.1. The summed E-state index contributed by atoms with van der Waals surface area (Å²) in [6, 6.07) is 13.8. The number of carbonyl (C=O) groups excluding carboxylic acids is 1. The molecule has 136 valence electrons. The molecule has 0 fully saturated rings. The number of fused-ring (bicyclic) bond motifs is 1. The van der Waals surface area contributed by atoms with Gasteiger partial charge in [0.1, 0.15) is 0 Å². The number of carbonyl (C=O) groups is 1. The Hall–Kier alpha value is -1.89. The summed E-state index contributed by atoms with van der Waals surface area (Å²) < 4.78 is 1.02. The van der Waals surface area contributed by atoms with E-state index < -0.39 is 0 Å². The first kappa shape index (κ1) is 18.9. The van der Waals surface area contributed by atoms with Crippen molar-refractivity contribution in [1.82, 2.24) is 5.43 Å². The lowest BCUT2D eigenvalue weighted by Gasteiger charge is -2.45. The van der Waals surface area contributed by atoms with Crippen LogP contribution < -0.4 is 10.3 Å². The molecule has 26 heavy (non-hydrogen) atoms. The molecule has 1 N–H and O–H groups in total. The van der Waals surface area contributed by atoms with Crippen molar-refractivity contribution >= 4 is 40.4 Å². The van der Waals surface area contributed by atoms with Crippen molar-refractivity contribution in [3.8, 4) is 0 Å². The fourth-order valence-corrected chi connectivity index (χ4v) is 4.08. The third kappa shape index (κ3) is 3.92. The first-order valence-corrected chi connectivity index (χ1v) is 9.82. The van der Waals surface area contributed by atoms with Crippen molar-refractivity contribution in [3.05, 3.63) is 62.7 Å². The Bertz CT molecular complexity index is 860. The number of rotatable bonds is 3. The molecule has 0 aromatic heterocycles. The zero-order valence-electron chi connectivity index (χ0n) is 15.6. The summed E-state index contributed by atoms with van der Waals surface area (Å²) in [5.41, 5.74) is 6.97. The van der Waals surface area contributed by atoms with Crippen LogP contribution >= 0.6 is 22.6 Å². The van der Waals surface area contributed by atoms with Crippen LogP contribution in [0.15, 0.2) is 47.6 Å². The highest BCUT2D eigenvalue weighted by Crippen LogP contribution is 2.42. The largest absolute Gasteiger partial charge is 0.369 e. The zero-order valence-corrected chi connectivity index (χ0v) is 17.7. The molecule has 0 spiro atoms. The average Bonchev–Trinajstić information content (AvgIpc) is 2.59. The summed E-state index contributed by atoms with van der Waals surface area (Å²) in [5.74, 6) is 0.290. The topological polar surface area (TPSA) is 44.7 Å². The van der Waals surface area contributed by atoms with Crippen molar-refractivity contribution in [2.24, 2.45) is 5.10 Å². The van der Waals surface area contributed by atoms with Gasteiger partial charge in [0.15, 0.2) is 0 Å². The molecule has 0 saturated carbocycles. The predicted octanol–water partition coefficient (Wildman–Crippen LogP) is 4.78. The number of hydrogen-bond acceptors (Lipinski definition) is 3. The minimum Gasteiger partial charge on any atom is -0.369 e. The molecule has 0 aliphatic carbocycles. The van der Waals surface area contributed by atoms with E-state index in [1.165, 1.54) is 11.3 Å². The van der Waals surface area contributed by atoms with Crippen LogP contribution in [0.2, 0.25) is 0 Å². The normalized spacial score (nSPS) is 18.7. The van der Waals surface area contributed by atoms with Crippen LogP contribution in [0.4, 0.5) is 5.69 Å². The monoisotopic (exact) mass is 461 g/mol. The van der Waals surface area contributed by atoms with E-state index in [0.717, 1.165) is 15.6 Å². The lowest BCUT2D eigenvalue weighted by Crippen LogP contribution is -2.45.